The number of hydrogen-bond donors (Lipinski definition) is 0. The van der Waals surface area contributed by atoms with E-state index in [4.69, 9.17) is 0 Å². The van der Waals surface area contributed by atoms with Gasteiger partial charge in [0.15, 0.2) is 0 Å². The van der Waals surface area contributed by atoms with Crippen LogP contribution in [0.3, 0.4) is 0 Å². The normalized spacial score (nSPS) is 15.7. The van der Waals surface area contributed by atoms with Crippen molar-refractivity contribution in [2.45, 2.75) is 26.2 Å². The third kappa shape index (κ3) is 4.09. The molecule has 1 aliphatic carbocycles. The zero-order valence-corrected chi connectivity index (χ0v) is 5.93. The summed E-state index contributed by atoms with van der Waals surface area (Å²) in [6, 6.07) is 0. The van der Waals surface area contributed by atoms with Gasteiger partial charge >= 0.3 is 51.4 Å². The molecule has 1 aliphatic rings. The Balaban J connectivity index is 0.000000810. The molecule has 10 heavy (non-hydrogen) atoms. The molecule has 1 rings (SSSR count). The molecule has 0 heterocycles. The van der Waals surface area contributed by atoms with E-state index < -0.39 is 0 Å². The fraction of sp³-hybridized carbons (Fsp3) is 0.444. The molecule has 1 radical (unpaired) electrons. The summed E-state index contributed by atoms with van der Waals surface area (Å²) in [5.41, 5.74) is 0. The fourth-order valence-corrected chi connectivity index (χ4v) is 0.961. The van der Waals surface area contributed by atoms with Crippen molar-refractivity contribution in [1.29, 1.82) is 0 Å². The maximum absolute atomic E-state index is 2.23. The summed E-state index contributed by atoms with van der Waals surface area (Å²) in [7, 11) is 0. The molecule has 0 unspecified atom stereocenters. The molecular weight excluding hydrogens is 147 g/mol. The Hall–Kier alpha value is 1.12. The quantitative estimate of drug-likeness (QED) is 0.557. The summed E-state index contributed by atoms with van der Waals surface area (Å²) in [5.74, 6) is 1.48. The van der Waals surface area contributed by atoms with E-state index >= 15 is 0 Å². The van der Waals surface area contributed by atoms with Gasteiger partial charge < -0.3 is 0 Å². The summed E-state index contributed by atoms with van der Waals surface area (Å²) in [4.78, 5) is 0. The second-order valence-corrected chi connectivity index (χ2v) is 2.40. The molecule has 0 nitrogen and oxygen atoms in total. The Bertz CT molecular complexity index is 113. The topological polar surface area (TPSA) is 0 Å². The van der Waals surface area contributed by atoms with E-state index in [-0.39, 0.29) is 51.4 Å². The van der Waals surface area contributed by atoms with Gasteiger partial charge in [0.2, 0.25) is 0 Å². The van der Waals surface area contributed by atoms with Crippen molar-refractivity contribution in [3.05, 3.63) is 30.2 Å². The van der Waals surface area contributed by atoms with Crippen LogP contribution in [0, 0.1) is 5.92 Å². The average molecular weight is 161 g/mol. The average Bonchev–Trinajstić information content (AvgIpc) is 2.34. The molecule has 0 saturated heterocycles. The Labute approximate surface area is 106 Å². The molecule has 0 aromatic rings. The van der Waals surface area contributed by atoms with Gasteiger partial charge in [-0.25, -0.2) is 0 Å². The van der Waals surface area contributed by atoms with Crippen molar-refractivity contribution in [2.75, 3.05) is 0 Å². The summed E-state index contributed by atoms with van der Waals surface area (Å²) in [5, 5.41) is 0. The first-order chi connectivity index (χ1) is 4.43. The predicted molar refractivity (Wildman–Crippen MR) is 48.2 cm³/mol. The van der Waals surface area contributed by atoms with Gasteiger partial charge in [0.05, 0.1) is 0 Å². The molecule has 0 fully saturated rings. The maximum atomic E-state index is 2.23. The summed E-state index contributed by atoms with van der Waals surface area (Å²) in [6.45, 7) is 2.23. The molecule has 0 aliphatic heterocycles. The molecular formula is C9H14K. The van der Waals surface area contributed by atoms with Gasteiger partial charge in [0, 0.05) is 5.92 Å². The van der Waals surface area contributed by atoms with Gasteiger partial charge in [-0.3, -0.25) is 0 Å². The molecule has 0 saturated carbocycles. The van der Waals surface area contributed by atoms with Crippen LogP contribution in [0.25, 0.3) is 0 Å². The molecule has 0 atom stereocenters. The standard InChI is InChI=1S/C9H13.K.H/c1-2-3-6-9-7-4-5-8-9;;/h4-5,7-8H,2-3,6H2,1H3;;. The third-order valence-electron chi connectivity index (χ3n) is 1.55. The van der Waals surface area contributed by atoms with E-state index in [0.717, 1.165) is 0 Å². The van der Waals surface area contributed by atoms with Crippen LogP contribution in [0.4, 0.5) is 0 Å². The van der Waals surface area contributed by atoms with Crippen molar-refractivity contribution in [2.24, 2.45) is 0 Å². The number of hydrogen-bond acceptors (Lipinski definition) is 0. The molecule has 1 heteroatoms. The number of rotatable bonds is 3. The number of allylic oxidation sites excluding steroid dienone is 4. The first kappa shape index (κ1) is 11.1. The van der Waals surface area contributed by atoms with Crippen LogP contribution in [-0.4, -0.2) is 51.4 Å². The number of unbranched alkanes of at least 4 members (excludes halogenated alkanes) is 1. The molecule has 0 aromatic heterocycles. The van der Waals surface area contributed by atoms with Gasteiger partial charge in [0.1, 0.15) is 0 Å². The van der Waals surface area contributed by atoms with Crippen LogP contribution >= 0.6 is 0 Å². The molecule has 0 N–H and O–H groups in total. The predicted octanol–water partition coefficient (Wildman–Crippen LogP) is 2.23. The van der Waals surface area contributed by atoms with Gasteiger partial charge in [0.25, 0.3) is 0 Å². The fourth-order valence-electron chi connectivity index (χ4n) is 0.961. The van der Waals surface area contributed by atoms with Crippen molar-refractivity contribution < 1.29 is 0 Å². The van der Waals surface area contributed by atoms with Gasteiger partial charge in [-0.1, -0.05) is 44.1 Å². The zero-order valence-electron chi connectivity index (χ0n) is 5.93. The van der Waals surface area contributed by atoms with Crippen molar-refractivity contribution >= 4 is 51.4 Å². The minimum absolute atomic E-state index is 0. The van der Waals surface area contributed by atoms with Gasteiger partial charge in [-0.05, 0) is 6.42 Å². The van der Waals surface area contributed by atoms with Crippen LogP contribution in [-0.2, 0) is 0 Å². The monoisotopic (exact) mass is 161 g/mol. The molecule has 0 aromatic carbocycles. The second-order valence-electron chi connectivity index (χ2n) is 2.40. The summed E-state index contributed by atoms with van der Waals surface area (Å²) < 4.78 is 0. The summed E-state index contributed by atoms with van der Waals surface area (Å²) in [6.07, 6.45) is 12.5. The van der Waals surface area contributed by atoms with E-state index in [1.807, 2.05) is 0 Å². The van der Waals surface area contributed by atoms with Gasteiger partial charge in [-0.15, -0.1) is 0 Å². The van der Waals surface area contributed by atoms with Crippen LogP contribution in [0.1, 0.15) is 26.2 Å². The second kappa shape index (κ2) is 6.80. The van der Waals surface area contributed by atoms with E-state index in [0.29, 0.717) is 0 Å². The molecule has 0 bridgehead atoms. The third-order valence-corrected chi connectivity index (χ3v) is 1.55. The van der Waals surface area contributed by atoms with E-state index in [2.05, 4.69) is 31.2 Å². The SMILES string of the molecule is CCCC[C]1C=CC=C1.[KH]. The van der Waals surface area contributed by atoms with Crippen LogP contribution in [0.5, 0.6) is 0 Å². The van der Waals surface area contributed by atoms with E-state index in [9.17, 15) is 0 Å². The Morgan fingerprint density at radius 3 is 2.30 bits per heavy atom. The Morgan fingerprint density at radius 2 is 1.80 bits per heavy atom. The van der Waals surface area contributed by atoms with Crippen molar-refractivity contribution in [3.8, 4) is 0 Å². The molecule has 51 valence electrons. The molecule has 0 amide bonds. The van der Waals surface area contributed by atoms with E-state index in [1.165, 1.54) is 25.2 Å². The van der Waals surface area contributed by atoms with E-state index in [1.54, 1.807) is 0 Å². The zero-order chi connectivity index (χ0) is 6.53. The van der Waals surface area contributed by atoms with Gasteiger partial charge in [-0.2, -0.15) is 0 Å². The first-order valence-electron chi connectivity index (χ1n) is 3.64. The molecule has 0 spiro atoms. The van der Waals surface area contributed by atoms with Crippen molar-refractivity contribution in [1.82, 2.24) is 0 Å². The van der Waals surface area contributed by atoms with Crippen LogP contribution < -0.4 is 0 Å². The van der Waals surface area contributed by atoms with Crippen molar-refractivity contribution in [3.63, 3.8) is 0 Å². The summed E-state index contributed by atoms with van der Waals surface area (Å²) >= 11 is 0. The van der Waals surface area contributed by atoms with Crippen LogP contribution in [0.2, 0.25) is 0 Å². The first-order valence-corrected chi connectivity index (χ1v) is 3.64. The minimum atomic E-state index is 0. The Morgan fingerprint density at radius 1 is 1.20 bits per heavy atom. The Kier molecular flexibility index (Phi) is 7.56. The van der Waals surface area contributed by atoms with Crippen LogP contribution in [0.15, 0.2) is 24.3 Å².